The molecule has 1 aromatic carbocycles. The van der Waals surface area contributed by atoms with Crippen molar-refractivity contribution in [2.45, 2.75) is 17.9 Å². The Kier molecular flexibility index (Phi) is 6.89. The van der Waals surface area contributed by atoms with Crippen LogP contribution in [0.15, 0.2) is 41.4 Å². The molecule has 1 aromatic heterocycles. The van der Waals surface area contributed by atoms with Crippen molar-refractivity contribution in [3.8, 4) is 0 Å². The summed E-state index contributed by atoms with van der Waals surface area (Å²) in [5.41, 5.74) is 0.336. The monoisotopic (exact) mass is 409 g/mol. The molecular weight excluding hydrogens is 386 g/mol. The number of anilines is 3. The Hall–Kier alpha value is -2.76. The van der Waals surface area contributed by atoms with Crippen LogP contribution in [0.1, 0.15) is 6.92 Å². The van der Waals surface area contributed by atoms with Crippen molar-refractivity contribution in [3.05, 3.63) is 46.6 Å². The Labute approximate surface area is 163 Å². The fourth-order valence-electron chi connectivity index (χ4n) is 2.43. The topological polar surface area (TPSA) is 127 Å². The molecule has 1 unspecified atom stereocenters. The van der Waals surface area contributed by atoms with Crippen molar-refractivity contribution in [1.82, 2.24) is 9.71 Å². The number of hydrogen-bond acceptors (Lipinski definition) is 8. The number of methoxy groups -OCH3 is 1. The van der Waals surface area contributed by atoms with Crippen LogP contribution in [0, 0.1) is 10.1 Å². The van der Waals surface area contributed by atoms with Gasteiger partial charge in [-0.3, -0.25) is 10.1 Å². The molecule has 0 spiro atoms. The van der Waals surface area contributed by atoms with Crippen LogP contribution < -0.4 is 14.9 Å². The van der Waals surface area contributed by atoms with E-state index in [1.54, 1.807) is 19.1 Å². The molecule has 0 radical (unpaired) electrons. The van der Waals surface area contributed by atoms with Crippen molar-refractivity contribution >= 4 is 32.9 Å². The van der Waals surface area contributed by atoms with Crippen LogP contribution in [-0.4, -0.2) is 52.2 Å². The molecule has 2 aromatic rings. The molecule has 0 saturated heterocycles. The van der Waals surface area contributed by atoms with Crippen LogP contribution in [0.5, 0.6) is 0 Å². The minimum atomic E-state index is -3.92. The van der Waals surface area contributed by atoms with E-state index in [0.717, 1.165) is 11.9 Å². The van der Waals surface area contributed by atoms with E-state index in [0.29, 0.717) is 5.69 Å². The Balaban J connectivity index is 2.31. The first-order chi connectivity index (χ1) is 13.1. The van der Waals surface area contributed by atoms with E-state index < -0.39 is 21.0 Å². The third-order valence-electron chi connectivity index (χ3n) is 3.73. The van der Waals surface area contributed by atoms with Gasteiger partial charge < -0.3 is 15.0 Å². The van der Waals surface area contributed by atoms with E-state index in [2.05, 4.69) is 15.0 Å². The van der Waals surface area contributed by atoms with Crippen LogP contribution >= 0.6 is 0 Å². The van der Waals surface area contributed by atoms with Crippen molar-refractivity contribution in [3.63, 3.8) is 0 Å². The van der Waals surface area contributed by atoms with Gasteiger partial charge in [-0.05, 0) is 31.2 Å². The molecule has 0 aliphatic rings. The number of nitro benzene ring substituents is 1. The summed E-state index contributed by atoms with van der Waals surface area (Å²) in [5.74, 6) is 0.734. The predicted octanol–water partition coefficient (Wildman–Crippen LogP) is 2.11. The van der Waals surface area contributed by atoms with E-state index in [1.165, 1.54) is 25.4 Å². The minimum absolute atomic E-state index is 0.160. The van der Waals surface area contributed by atoms with E-state index in [9.17, 15) is 18.5 Å². The fourth-order valence-corrected chi connectivity index (χ4v) is 3.68. The number of rotatable bonds is 9. The number of nitro groups is 1. The van der Waals surface area contributed by atoms with Crippen LogP contribution in [0.4, 0.5) is 22.9 Å². The number of aromatic nitrogens is 1. The van der Waals surface area contributed by atoms with Gasteiger partial charge in [0.15, 0.2) is 0 Å². The number of pyridine rings is 1. The zero-order valence-electron chi connectivity index (χ0n) is 16.0. The first kappa shape index (κ1) is 21.5. The smallest absolute Gasteiger partial charge is 0.294 e. The number of sulfonamides is 1. The van der Waals surface area contributed by atoms with Crippen LogP contribution in [0.25, 0.3) is 0 Å². The summed E-state index contributed by atoms with van der Waals surface area (Å²) in [6.07, 6.45) is 1.54. The highest BCUT2D eigenvalue weighted by atomic mass is 32.2. The minimum Gasteiger partial charge on any atom is -0.383 e. The fraction of sp³-hybridized carbons (Fsp3) is 0.353. The zero-order chi connectivity index (χ0) is 20.9. The molecule has 28 heavy (non-hydrogen) atoms. The van der Waals surface area contributed by atoms with Gasteiger partial charge in [-0.1, -0.05) is 0 Å². The second kappa shape index (κ2) is 8.95. The van der Waals surface area contributed by atoms with Crippen molar-refractivity contribution in [1.29, 1.82) is 0 Å². The molecule has 1 heterocycles. The molecule has 0 aliphatic heterocycles. The van der Waals surface area contributed by atoms with E-state index >= 15 is 0 Å². The Morgan fingerprint density at radius 2 is 2.00 bits per heavy atom. The average molecular weight is 409 g/mol. The zero-order valence-corrected chi connectivity index (χ0v) is 16.9. The van der Waals surface area contributed by atoms with Gasteiger partial charge in [0.1, 0.15) is 11.5 Å². The van der Waals surface area contributed by atoms with Crippen LogP contribution in [0.2, 0.25) is 0 Å². The lowest BCUT2D eigenvalue weighted by Gasteiger charge is -2.14. The number of nitrogens with zero attached hydrogens (tertiary/aromatic N) is 3. The molecule has 2 N–H and O–H groups in total. The van der Waals surface area contributed by atoms with E-state index in [1.807, 2.05) is 19.0 Å². The molecular formula is C17H23N5O5S. The normalized spacial score (nSPS) is 12.4. The van der Waals surface area contributed by atoms with Crippen molar-refractivity contribution < 1.29 is 18.1 Å². The molecule has 152 valence electrons. The number of hydrogen-bond donors (Lipinski definition) is 2. The van der Waals surface area contributed by atoms with Gasteiger partial charge in [0.2, 0.25) is 10.0 Å². The lowest BCUT2D eigenvalue weighted by atomic mass is 10.2. The molecule has 0 bridgehead atoms. The standard InChI is InChI=1S/C17H23N5O5S/c1-12(11-27-4)20-28(25,26)14-6-7-15(16(9-14)22(23)24)19-13-5-8-17(18-10-13)21(2)3/h5-10,12,19-20H,11H2,1-4H3. The summed E-state index contributed by atoms with van der Waals surface area (Å²) < 4.78 is 32.2. The summed E-state index contributed by atoms with van der Waals surface area (Å²) in [6, 6.07) is 6.69. The highest BCUT2D eigenvalue weighted by Crippen LogP contribution is 2.30. The van der Waals surface area contributed by atoms with Gasteiger partial charge in [-0.25, -0.2) is 18.1 Å². The molecule has 0 aliphatic carbocycles. The summed E-state index contributed by atoms with van der Waals surface area (Å²) in [7, 11) is 1.23. The molecule has 0 saturated carbocycles. The van der Waals surface area contributed by atoms with Crippen molar-refractivity contribution in [2.75, 3.05) is 38.0 Å². The van der Waals surface area contributed by atoms with E-state index in [-0.39, 0.29) is 22.9 Å². The molecule has 0 amide bonds. The van der Waals surface area contributed by atoms with Gasteiger partial charge in [-0.15, -0.1) is 0 Å². The van der Waals surface area contributed by atoms with Crippen LogP contribution in [-0.2, 0) is 14.8 Å². The van der Waals surface area contributed by atoms with E-state index in [4.69, 9.17) is 4.74 Å². The summed E-state index contributed by atoms with van der Waals surface area (Å²) in [5, 5.41) is 14.4. The van der Waals surface area contributed by atoms with Gasteiger partial charge in [0.05, 0.1) is 28.3 Å². The average Bonchev–Trinajstić information content (AvgIpc) is 2.61. The maximum atomic E-state index is 12.4. The lowest BCUT2D eigenvalue weighted by Crippen LogP contribution is -2.35. The Bertz CT molecular complexity index is 931. The van der Waals surface area contributed by atoms with Gasteiger partial charge in [0.25, 0.3) is 5.69 Å². The Morgan fingerprint density at radius 1 is 1.29 bits per heavy atom. The second-order valence-electron chi connectivity index (χ2n) is 6.34. The number of benzene rings is 1. The van der Waals surface area contributed by atoms with Gasteiger partial charge in [0, 0.05) is 33.3 Å². The second-order valence-corrected chi connectivity index (χ2v) is 8.05. The summed E-state index contributed by atoms with van der Waals surface area (Å²) >= 11 is 0. The van der Waals surface area contributed by atoms with Crippen molar-refractivity contribution in [2.24, 2.45) is 0 Å². The quantitative estimate of drug-likeness (QED) is 0.476. The highest BCUT2D eigenvalue weighted by Gasteiger charge is 2.23. The van der Waals surface area contributed by atoms with Gasteiger partial charge >= 0.3 is 0 Å². The molecule has 0 fully saturated rings. The highest BCUT2D eigenvalue weighted by molar-refractivity contribution is 7.89. The first-order valence-corrected chi connectivity index (χ1v) is 9.82. The predicted molar refractivity (Wildman–Crippen MR) is 107 cm³/mol. The maximum absolute atomic E-state index is 12.4. The number of nitrogens with one attached hydrogen (secondary N) is 2. The Morgan fingerprint density at radius 3 is 2.54 bits per heavy atom. The third kappa shape index (κ3) is 5.38. The molecule has 2 rings (SSSR count). The summed E-state index contributed by atoms with van der Waals surface area (Å²) in [6.45, 7) is 1.81. The molecule has 11 heteroatoms. The number of ether oxygens (including phenoxy) is 1. The lowest BCUT2D eigenvalue weighted by molar-refractivity contribution is -0.384. The molecule has 10 nitrogen and oxygen atoms in total. The van der Waals surface area contributed by atoms with Gasteiger partial charge in [-0.2, -0.15) is 0 Å². The van der Waals surface area contributed by atoms with Crippen LogP contribution in [0.3, 0.4) is 0 Å². The third-order valence-corrected chi connectivity index (χ3v) is 5.32. The first-order valence-electron chi connectivity index (χ1n) is 8.34. The molecule has 1 atom stereocenters. The SMILES string of the molecule is COCC(C)NS(=O)(=O)c1ccc(Nc2ccc(N(C)C)nc2)c([N+](=O)[O-])c1. The summed E-state index contributed by atoms with van der Waals surface area (Å²) in [4.78, 5) is 16.7. The largest absolute Gasteiger partial charge is 0.383 e. The maximum Gasteiger partial charge on any atom is 0.294 e.